The first kappa shape index (κ1) is 23.0. The predicted molar refractivity (Wildman–Crippen MR) is 139 cm³/mol. The van der Waals surface area contributed by atoms with Gasteiger partial charge in [-0.05, 0) is 67.7 Å². The van der Waals surface area contributed by atoms with Gasteiger partial charge >= 0.3 is 0 Å². The SMILES string of the molecule is COc1cccc(CNC(=S)NC2CCC(Nc3nc(N(C)C)c4ccccc4n3)CC2)c1. The van der Waals surface area contributed by atoms with Crippen LogP contribution in [0.5, 0.6) is 5.75 Å². The summed E-state index contributed by atoms with van der Waals surface area (Å²) in [5, 5.41) is 12.1. The Morgan fingerprint density at radius 3 is 2.55 bits per heavy atom. The van der Waals surface area contributed by atoms with Crippen LogP contribution in [0, 0.1) is 0 Å². The van der Waals surface area contributed by atoms with Crippen molar-refractivity contribution in [1.82, 2.24) is 20.6 Å². The highest BCUT2D eigenvalue weighted by atomic mass is 32.1. The van der Waals surface area contributed by atoms with Crippen molar-refractivity contribution in [3.8, 4) is 5.75 Å². The number of thiocarbonyl (C=S) groups is 1. The fourth-order valence-corrected chi connectivity index (χ4v) is 4.47. The summed E-state index contributed by atoms with van der Waals surface area (Å²) in [6.45, 7) is 0.674. The second-order valence-corrected chi connectivity index (χ2v) is 9.06. The number of nitrogens with one attached hydrogen (secondary N) is 3. The van der Waals surface area contributed by atoms with Gasteiger partial charge in [-0.2, -0.15) is 4.98 Å². The molecule has 8 heteroatoms. The molecule has 0 amide bonds. The van der Waals surface area contributed by atoms with Crippen molar-refractivity contribution >= 4 is 40.0 Å². The Morgan fingerprint density at radius 1 is 1.03 bits per heavy atom. The number of ether oxygens (including phenoxy) is 1. The molecule has 3 N–H and O–H groups in total. The molecule has 3 aromatic rings. The van der Waals surface area contributed by atoms with E-state index in [1.165, 1.54) is 0 Å². The molecule has 0 bridgehead atoms. The maximum absolute atomic E-state index is 5.52. The number of hydrogen-bond acceptors (Lipinski definition) is 6. The van der Waals surface area contributed by atoms with Gasteiger partial charge in [0.25, 0.3) is 0 Å². The van der Waals surface area contributed by atoms with Gasteiger partial charge in [-0.3, -0.25) is 0 Å². The van der Waals surface area contributed by atoms with Crippen LogP contribution in [-0.4, -0.2) is 48.4 Å². The lowest BCUT2D eigenvalue weighted by Crippen LogP contribution is -2.44. The number of para-hydroxylation sites is 1. The third-order valence-corrected chi connectivity index (χ3v) is 6.25. The maximum Gasteiger partial charge on any atom is 0.225 e. The zero-order valence-electron chi connectivity index (χ0n) is 19.5. The highest BCUT2D eigenvalue weighted by molar-refractivity contribution is 7.80. The van der Waals surface area contributed by atoms with Gasteiger partial charge in [0.05, 0.1) is 12.6 Å². The molecule has 1 saturated carbocycles. The van der Waals surface area contributed by atoms with Crippen LogP contribution in [0.3, 0.4) is 0 Å². The van der Waals surface area contributed by atoms with Crippen molar-refractivity contribution in [3.05, 3.63) is 54.1 Å². The Hall–Kier alpha value is -3.13. The van der Waals surface area contributed by atoms with Crippen LogP contribution in [0.2, 0.25) is 0 Å². The molecule has 0 radical (unpaired) electrons. The summed E-state index contributed by atoms with van der Waals surface area (Å²) < 4.78 is 5.28. The summed E-state index contributed by atoms with van der Waals surface area (Å²) in [6, 6.07) is 16.9. The molecular weight excluding hydrogens is 432 g/mol. The first-order chi connectivity index (χ1) is 16.0. The molecular formula is C25H32N6OS. The Labute approximate surface area is 200 Å². The predicted octanol–water partition coefficient (Wildman–Crippen LogP) is 4.09. The number of benzene rings is 2. The molecule has 7 nitrogen and oxygen atoms in total. The number of anilines is 2. The smallest absolute Gasteiger partial charge is 0.225 e. The van der Waals surface area contributed by atoms with Gasteiger partial charge < -0.3 is 25.6 Å². The van der Waals surface area contributed by atoms with Gasteiger partial charge in [0.2, 0.25) is 5.95 Å². The summed E-state index contributed by atoms with van der Waals surface area (Å²) >= 11 is 5.52. The van der Waals surface area contributed by atoms with Gasteiger partial charge in [-0.25, -0.2) is 4.98 Å². The number of methoxy groups -OCH3 is 1. The molecule has 0 spiro atoms. The highest BCUT2D eigenvalue weighted by Gasteiger charge is 2.22. The number of rotatable bonds is 7. The van der Waals surface area contributed by atoms with Crippen molar-refractivity contribution in [2.24, 2.45) is 0 Å². The van der Waals surface area contributed by atoms with Crippen LogP contribution >= 0.6 is 12.2 Å². The molecule has 0 aliphatic heterocycles. The van der Waals surface area contributed by atoms with Crippen molar-refractivity contribution in [1.29, 1.82) is 0 Å². The second kappa shape index (κ2) is 10.7. The van der Waals surface area contributed by atoms with Gasteiger partial charge in [0.1, 0.15) is 11.6 Å². The van der Waals surface area contributed by atoms with Crippen molar-refractivity contribution in [3.63, 3.8) is 0 Å². The van der Waals surface area contributed by atoms with Gasteiger partial charge in [-0.1, -0.05) is 24.3 Å². The minimum absolute atomic E-state index is 0.359. The molecule has 1 aliphatic rings. The van der Waals surface area contributed by atoms with E-state index in [0.717, 1.165) is 53.7 Å². The van der Waals surface area contributed by atoms with E-state index in [-0.39, 0.29) is 0 Å². The number of nitrogens with zero attached hydrogens (tertiary/aromatic N) is 3. The van der Waals surface area contributed by atoms with Crippen LogP contribution in [0.1, 0.15) is 31.2 Å². The number of hydrogen-bond donors (Lipinski definition) is 3. The Kier molecular flexibility index (Phi) is 7.44. The van der Waals surface area contributed by atoms with E-state index >= 15 is 0 Å². The van der Waals surface area contributed by atoms with E-state index in [9.17, 15) is 0 Å². The standard InChI is InChI=1S/C25H32N6OS/c1-31(2)23-21-9-4-5-10-22(21)29-24(30-23)27-18-11-13-19(14-12-18)28-25(33)26-16-17-7-6-8-20(15-17)32-3/h4-10,15,18-19H,11-14,16H2,1-3H3,(H2,26,28,33)(H,27,29,30). The van der Waals surface area contributed by atoms with E-state index in [0.29, 0.717) is 29.7 Å². The van der Waals surface area contributed by atoms with E-state index in [1.54, 1.807) is 7.11 Å². The lowest BCUT2D eigenvalue weighted by Gasteiger charge is -2.30. The molecule has 1 heterocycles. The molecule has 0 atom stereocenters. The average Bonchev–Trinajstić information content (AvgIpc) is 2.83. The number of aromatic nitrogens is 2. The fraction of sp³-hybridized carbons (Fsp3) is 0.400. The summed E-state index contributed by atoms with van der Waals surface area (Å²) in [5.74, 6) is 2.49. The van der Waals surface area contributed by atoms with Crippen molar-refractivity contribution in [2.75, 3.05) is 31.4 Å². The summed E-state index contributed by atoms with van der Waals surface area (Å²) in [6.07, 6.45) is 4.19. The van der Waals surface area contributed by atoms with E-state index in [2.05, 4.69) is 28.1 Å². The normalized spacial score (nSPS) is 17.9. The third-order valence-electron chi connectivity index (χ3n) is 5.99. The van der Waals surface area contributed by atoms with Crippen molar-refractivity contribution in [2.45, 2.75) is 44.3 Å². The summed E-state index contributed by atoms with van der Waals surface area (Å²) in [7, 11) is 5.71. The summed E-state index contributed by atoms with van der Waals surface area (Å²) in [5.41, 5.74) is 2.10. The monoisotopic (exact) mass is 464 g/mol. The third kappa shape index (κ3) is 6.01. The first-order valence-electron chi connectivity index (χ1n) is 11.4. The lowest BCUT2D eigenvalue weighted by atomic mass is 9.91. The molecule has 174 valence electrons. The molecule has 0 saturated heterocycles. The van der Waals surface area contributed by atoms with E-state index in [4.69, 9.17) is 26.9 Å². The molecule has 2 aromatic carbocycles. The second-order valence-electron chi connectivity index (χ2n) is 8.65. The molecule has 1 aliphatic carbocycles. The zero-order valence-corrected chi connectivity index (χ0v) is 20.3. The quantitative estimate of drug-likeness (QED) is 0.452. The Bertz CT molecular complexity index is 1100. The average molecular weight is 465 g/mol. The molecule has 0 unspecified atom stereocenters. The molecule has 1 fully saturated rings. The largest absolute Gasteiger partial charge is 0.497 e. The van der Waals surface area contributed by atoms with E-state index in [1.807, 2.05) is 55.4 Å². The van der Waals surface area contributed by atoms with Crippen LogP contribution < -0.4 is 25.6 Å². The van der Waals surface area contributed by atoms with Gasteiger partial charge in [0, 0.05) is 38.1 Å². The molecule has 1 aromatic heterocycles. The van der Waals surface area contributed by atoms with Crippen molar-refractivity contribution < 1.29 is 4.74 Å². The van der Waals surface area contributed by atoms with Crippen LogP contribution in [0.4, 0.5) is 11.8 Å². The number of fused-ring (bicyclic) bond motifs is 1. The van der Waals surface area contributed by atoms with Crippen LogP contribution in [0.15, 0.2) is 48.5 Å². The first-order valence-corrected chi connectivity index (χ1v) is 11.8. The minimum Gasteiger partial charge on any atom is -0.497 e. The topological polar surface area (TPSA) is 74.3 Å². The lowest BCUT2D eigenvalue weighted by molar-refractivity contribution is 0.385. The van der Waals surface area contributed by atoms with E-state index < -0.39 is 0 Å². The Balaban J connectivity index is 1.27. The zero-order chi connectivity index (χ0) is 23.2. The van der Waals surface area contributed by atoms with Crippen LogP contribution in [0.25, 0.3) is 10.9 Å². The highest BCUT2D eigenvalue weighted by Crippen LogP contribution is 2.26. The maximum atomic E-state index is 5.52. The van der Waals surface area contributed by atoms with Gasteiger partial charge in [0.15, 0.2) is 5.11 Å². The fourth-order valence-electron chi connectivity index (χ4n) is 4.23. The van der Waals surface area contributed by atoms with Gasteiger partial charge in [-0.15, -0.1) is 0 Å². The molecule has 33 heavy (non-hydrogen) atoms. The molecule has 4 rings (SSSR count). The summed E-state index contributed by atoms with van der Waals surface area (Å²) in [4.78, 5) is 11.6. The Morgan fingerprint density at radius 2 is 1.79 bits per heavy atom. The van der Waals surface area contributed by atoms with Crippen LogP contribution in [-0.2, 0) is 6.54 Å². The minimum atomic E-state index is 0.359.